The minimum atomic E-state index is -0.391. The number of hydrogen-bond donors (Lipinski definition) is 2. The van der Waals surface area contributed by atoms with Gasteiger partial charge in [0.1, 0.15) is 0 Å². The average Bonchev–Trinajstić information content (AvgIpc) is 2.62. The molecule has 2 N–H and O–H groups in total. The van der Waals surface area contributed by atoms with Gasteiger partial charge in [-0.2, -0.15) is 0 Å². The first-order chi connectivity index (χ1) is 12.4. The molecule has 8 heteroatoms. The Hall–Kier alpha value is -2.31. The van der Waals surface area contributed by atoms with Crippen LogP contribution < -0.4 is 24.8 Å². The maximum absolute atomic E-state index is 12.3. The Bertz CT molecular complexity index is 774. The SMILES string of the molecule is COc1cc(NC(=O)N[C@@H](C)c2ccc(Cl)c(Cl)c2)cc(OC)c1OC. The zero-order valence-corrected chi connectivity index (χ0v) is 16.4. The first-order valence-electron chi connectivity index (χ1n) is 7.72. The van der Waals surface area contributed by atoms with Gasteiger partial charge >= 0.3 is 6.03 Å². The van der Waals surface area contributed by atoms with E-state index in [4.69, 9.17) is 37.4 Å². The third kappa shape index (κ3) is 4.65. The van der Waals surface area contributed by atoms with Crippen LogP contribution in [0.2, 0.25) is 10.0 Å². The largest absolute Gasteiger partial charge is 0.493 e. The summed E-state index contributed by atoms with van der Waals surface area (Å²) in [6.07, 6.45) is 0. The van der Waals surface area contributed by atoms with Crippen LogP contribution in [0.3, 0.4) is 0 Å². The van der Waals surface area contributed by atoms with E-state index in [-0.39, 0.29) is 6.04 Å². The summed E-state index contributed by atoms with van der Waals surface area (Å²) in [7, 11) is 4.53. The molecule has 2 rings (SSSR count). The first kappa shape index (κ1) is 20.0. The molecule has 2 amide bonds. The Kier molecular flexibility index (Phi) is 6.83. The van der Waals surface area contributed by atoms with Crippen LogP contribution in [-0.2, 0) is 0 Å². The second-order valence-electron chi connectivity index (χ2n) is 5.41. The summed E-state index contributed by atoms with van der Waals surface area (Å²) in [4.78, 5) is 12.3. The van der Waals surface area contributed by atoms with Gasteiger partial charge in [0.05, 0.1) is 43.1 Å². The van der Waals surface area contributed by atoms with E-state index >= 15 is 0 Å². The lowest BCUT2D eigenvalue weighted by Crippen LogP contribution is -2.31. The van der Waals surface area contributed by atoms with E-state index < -0.39 is 6.03 Å². The van der Waals surface area contributed by atoms with Crippen LogP contribution in [0.5, 0.6) is 17.2 Å². The van der Waals surface area contributed by atoms with Gasteiger partial charge in [0, 0.05) is 12.1 Å². The van der Waals surface area contributed by atoms with Gasteiger partial charge in [-0.1, -0.05) is 29.3 Å². The molecule has 0 aliphatic heterocycles. The Balaban J connectivity index is 2.12. The third-order valence-electron chi connectivity index (χ3n) is 3.71. The molecule has 0 aliphatic rings. The van der Waals surface area contributed by atoms with E-state index in [2.05, 4.69) is 10.6 Å². The zero-order valence-electron chi connectivity index (χ0n) is 14.9. The van der Waals surface area contributed by atoms with E-state index in [9.17, 15) is 4.79 Å². The van der Waals surface area contributed by atoms with Crippen molar-refractivity contribution in [2.45, 2.75) is 13.0 Å². The molecular formula is C18H20Cl2N2O4. The Morgan fingerprint density at radius 3 is 2.08 bits per heavy atom. The van der Waals surface area contributed by atoms with Crippen molar-refractivity contribution in [1.29, 1.82) is 0 Å². The fourth-order valence-electron chi connectivity index (χ4n) is 2.38. The van der Waals surface area contributed by atoms with Crippen LogP contribution in [0.15, 0.2) is 30.3 Å². The van der Waals surface area contributed by atoms with Gasteiger partial charge < -0.3 is 24.8 Å². The highest BCUT2D eigenvalue weighted by Crippen LogP contribution is 2.39. The molecule has 0 heterocycles. The minimum absolute atomic E-state index is 0.271. The number of carbonyl (C=O) groups is 1. The van der Waals surface area contributed by atoms with Gasteiger partial charge in [-0.25, -0.2) is 4.79 Å². The summed E-state index contributed by atoms with van der Waals surface area (Å²) in [5.41, 5.74) is 1.33. The van der Waals surface area contributed by atoms with Crippen molar-refractivity contribution in [3.8, 4) is 17.2 Å². The quantitative estimate of drug-likeness (QED) is 0.725. The number of hydrogen-bond acceptors (Lipinski definition) is 4. The topological polar surface area (TPSA) is 68.8 Å². The van der Waals surface area contributed by atoms with E-state index in [1.807, 2.05) is 6.92 Å². The number of urea groups is 1. The number of carbonyl (C=O) groups excluding carboxylic acids is 1. The normalized spacial score (nSPS) is 11.5. The molecule has 6 nitrogen and oxygen atoms in total. The predicted molar refractivity (Wildman–Crippen MR) is 103 cm³/mol. The average molecular weight is 399 g/mol. The van der Waals surface area contributed by atoms with Crippen molar-refractivity contribution in [3.63, 3.8) is 0 Å². The van der Waals surface area contributed by atoms with Gasteiger partial charge in [0.2, 0.25) is 5.75 Å². The second kappa shape index (κ2) is 8.87. The van der Waals surface area contributed by atoms with Crippen molar-refractivity contribution >= 4 is 34.9 Å². The molecule has 0 bridgehead atoms. The van der Waals surface area contributed by atoms with Crippen LogP contribution in [0.1, 0.15) is 18.5 Å². The van der Waals surface area contributed by atoms with E-state index in [0.717, 1.165) is 5.56 Å². The number of methoxy groups -OCH3 is 3. The summed E-state index contributed by atoms with van der Waals surface area (Å²) < 4.78 is 15.8. The molecule has 0 unspecified atom stereocenters. The van der Waals surface area contributed by atoms with Gasteiger partial charge in [-0.3, -0.25) is 0 Å². The van der Waals surface area contributed by atoms with Crippen LogP contribution in [0, 0.1) is 0 Å². The molecule has 0 spiro atoms. The lowest BCUT2D eigenvalue weighted by atomic mass is 10.1. The molecule has 0 saturated heterocycles. The number of amides is 2. The number of anilines is 1. The molecular weight excluding hydrogens is 379 g/mol. The Labute approximate surface area is 162 Å². The molecule has 0 radical (unpaired) electrons. The van der Waals surface area contributed by atoms with Gasteiger partial charge in [-0.15, -0.1) is 0 Å². The smallest absolute Gasteiger partial charge is 0.319 e. The summed E-state index contributed by atoms with van der Waals surface area (Å²) >= 11 is 11.9. The number of nitrogens with one attached hydrogen (secondary N) is 2. The maximum atomic E-state index is 12.3. The Morgan fingerprint density at radius 1 is 0.962 bits per heavy atom. The molecule has 0 fully saturated rings. The van der Waals surface area contributed by atoms with E-state index in [0.29, 0.717) is 33.0 Å². The summed E-state index contributed by atoms with van der Waals surface area (Å²) in [6, 6.07) is 7.83. The second-order valence-corrected chi connectivity index (χ2v) is 6.22. The molecule has 2 aromatic carbocycles. The highest BCUT2D eigenvalue weighted by Gasteiger charge is 2.16. The molecule has 26 heavy (non-hydrogen) atoms. The first-order valence-corrected chi connectivity index (χ1v) is 8.47. The highest BCUT2D eigenvalue weighted by atomic mass is 35.5. The lowest BCUT2D eigenvalue weighted by molar-refractivity contribution is 0.249. The fraction of sp³-hybridized carbons (Fsp3) is 0.278. The molecule has 0 saturated carbocycles. The van der Waals surface area contributed by atoms with Crippen LogP contribution >= 0.6 is 23.2 Å². The number of benzene rings is 2. The molecule has 140 valence electrons. The van der Waals surface area contributed by atoms with E-state index in [1.54, 1.807) is 30.3 Å². The third-order valence-corrected chi connectivity index (χ3v) is 4.45. The van der Waals surface area contributed by atoms with Crippen LogP contribution in [0.4, 0.5) is 10.5 Å². The van der Waals surface area contributed by atoms with Gasteiger partial charge in [0.25, 0.3) is 0 Å². The molecule has 0 aliphatic carbocycles. The minimum Gasteiger partial charge on any atom is -0.493 e. The van der Waals surface area contributed by atoms with Crippen molar-refractivity contribution in [2.75, 3.05) is 26.6 Å². The zero-order chi connectivity index (χ0) is 19.3. The highest BCUT2D eigenvalue weighted by molar-refractivity contribution is 6.42. The van der Waals surface area contributed by atoms with Crippen molar-refractivity contribution in [3.05, 3.63) is 45.9 Å². The molecule has 1 atom stereocenters. The molecule has 0 aromatic heterocycles. The van der Waals surface area contributed by atoms with E-state index in [1.165, 1.54) is 21.3 Å². The summed E-state index contributed by atoms with van der Waals surface area (Å²) in [5, 5.41) is 6.47. The van der Waals surface area contributed by atoms with Crippen molar-refractivity contribution in [2.24, 2.45) is 0 Å². The Morgan fingerprint density at radius 2 is 1.58 bits per heavy atom. The van der Waals surface area contributed by atoms with Crippen LogP contribution in [-0.4, -0.2) is 27.4 Å². The van der Waals surface area contributed by atoms with Gasteiger partial charge in [-0.05, 0) is 24.6 Å². The number of ether oxygens (including phenoxy) is 3. The van der Waals surface area contributed by atoms with Crippen molar-refractivity contribution < 1.29 is 19.0 Å². The molecule has 2 aromatic rings. The predicted octanol–water partition coefficient (Wildman–Crippen LogP) is 4.90. The maximum Gasteiger partial charge on any atom is 0.319 e. The summed E-state index contributed by atoms with van der Waals surface area (Å²) in [5.74, 6) is 1.34. The summed E-state index contributed by atoms with van der Waals surface area (Å²) in [6.45, 7) is 1.84. The fourth-order valence-corrected chi connectivity index (χ4v) is 2.69. The van der Waals surface area contributed by atoms with Crippen molar-refractivity contribution in [1.82, 2.24) is 5.32 Å². The lowest BCUT2D eigenvalue weighted by Gasteiger charge is -2.17. The number of rotatable bonds is 6. The monoisotopic (exact) mass is 398 g/mol. The van der Waals surface area contributed by atoms with Gasteiger partial charge in [0.15, 0.2) is 11.5 Å². The standard InChI is InChI=1S/C18H20Cl2N2O4/c1-10(11-5-6-13(19)14(20)7-11)21-18(23)22-12-8-15(24-2)17(26-4)16(9-12)25-3/h5-10H,1-4H3,(H2,21,22,23)/t10-/m0/s1. The number of halogens is 2. The van der Waals surface area contributed by atoms with Crippen LogP contribution in [0.25, 0.3) is 0 Å².